The summed E-state index contributed by atoms with van der Waals surface area (Å²) in [5, 5.41) is 12.6. The third-order valence-electron chi connectivity index (χ3n) is 4.27. The van der Waals surface area contributed by atoms with Crippen LogP contribution in [0.4, 0.5) is 10.5 Å². The first-order chi connectivity index (χ1) is 13.3. The molecular weight excluding hydrogens is 416 g/mol. The molecule has 1 N–H and O–H groups in total. The number of fused-ring (bicyclic) bond motifs is 1. The van der Waals surface area contributed by atoms with Gasteiger partial charge in [0.05, 0.1) is 4.21 Å². The second-order valence-electron chi connectivity index (χ2n) is 7.24. The Bertz CT molecular complexity index is 963. The molecule has 3 rings (SSSR count). The highest BCUT2D eigenvalue weighted by atomic mass is 35.5. The third-order valence-corrected chi connectivity index (χ3v) is 6.88. The number of ether oxygens (including phenoxy) is 1. The molecule has 146 valence electrons. The summed E-state index contributed by atoms with van der Waals surface area (Å²) in [4.78, 5) is 25.1. The van der Waals surface area contributed by atoms with Crippen molar-refractivity contribution in [2.75, 3.05) is 17.7 Å². The van der Waals surface area contributed by atoms with Gasteiger partial charge in [-0.1, -0.05) is 31.5 Å². The Balaban J connectivity index is 1.57. The van der Waals surface area contributed by atoms with Crippen molar-refractivity contribution in [3.63, 3.8) is 0 Å². The van der Waals surface area contributed by atoms with E-state index in [0.717, 1.165) is 16.2 Å². The number of thiophene rings is 1. The van der Waals surface area contributed by atoms with Crippen LogP contribution in [-0.4, -0.2) is 24.2 Å². The molecule has 2 aromatic rings. The molecule has 0 saturated carbocycles. The van der Waals surface area contributed by atoms with Gasteiger partial charge in [-0.3, -0.25) is 10.1 Å². The average Bonchev–Trinajstić information content (AvgIpc) is 2.95. The van der Waals surface area contributed by atoms with Gasteiger partial charge >= 0.3 is 6.09 Å². The molecule has 0 unspecified atom stereocenters. The standard InChI is InChI=1S/C20H19ClN2O3S2/c1-20(2)9-14-16(11-22)28-18(17(14)15(24)10-20)27-7-6-26-19(25)23-13-5-3-4-12(21)8-13/h3-5,8H,6-7,9-10H2,1-2H3,(H,23,25). The largest absolute Gasteiger partial charge is 0.448 e. The summed E-state index contributed by atoms with van der Waals surface area (Å²) in [6, 6.07) is 9.02. The molecule has 0 radical (unpaired) electrons. The summed E-state index contributed by atoms with van der Waals surface area (Å²) < 4.78 is 6.02. The van der Waals surface area contributed by atoms with E-state index in [0.29, 0.717) is 33.3 Å². The van der Waals surface area contributed by atoms with E-state index < -0.39 is 6.09 Å². The van der Waals surface area contributed by atoms with Gasteiger partial charge in [0, 0.05) is 28.4 Å². The first-order valence-electron chi connectivity index (χ1n) is 8.70. The Morgan fingerprint density at radius 3 is 2.93 bits per heavy atom. The predicted octanol–water partition coefficient (Wildman–Crippen LogP) is 5.77. The zero-order valence-electron chi connectivity index (χ0n) is 15.5. The minimum Gasteiger partial charge on any atom is -0.448 e. The lowest BCUT2D eigenvalue weighted by Gasteiger charge is -2.29. The van der Waals surface area contributed by atoms with E-state index in [1.807, 2.05) is 13.8 Å². The van der Waals surface area contributed by atoms with E-state index >= 15 is 0 Å². The van der Waals surface area contributed by atoms with Crippen LogP contribution >= 0.6 is 34.7 Å². The minimum absolute atomic E-state index is 0.0890. The molecule has 8 heteroatoms. The summed E-state index contributed by atoms with van der Waals surface area (Å²) >= 11 is 8.68. The van der Waals surface area contributed by atoms with Crippen LogP contribution in [0.3, 0.4) is 0 Å². The number of benzene rings is 1. The van der Waals surface area contributed by atoms with Gasteiger partial charge in [-0.2, -0.15) is 5.26 Å². The van der Waals surface area contributed by atoms with E-state index in [1.165, 1.54) is 23.1 Å². The van der Waals surface area contributed by atoms with E-state index in [2.05, 4.69) is 11.4 Å². The van der Waals surface area contributed by atoms with Crippen LogP contribution in [0.15, 0.2) is 28.5 Å². The van der Waals surface area contributed by atoms with Crippen LogP contribution in [-0.2, 0) is 11.2 Å². The van der Waals surface area contributed by atoms with E-state index in [9.17, 15) is 14.9 Å². The number of nitrogens with zero attached hydrogens (tertiary/aromatic N) is 1. The molecular formula is C20H19ClN2O3S2. The number of nitriles is 1. The molecule has 5 nitrogen and oxygen atoms in total. The number of anilines is 1. The number of Topliss-reactive ketones (excluding diaryl/α,β-unsaturated/α-hetero) is 1. The molecule has 0 spiro atoms. The normalized spacial score (nSPS) is 14.9. The predicted molar refractivity (Wildman–Crippen MR) is 113 cm³/mol. The molecule has 1 aromatic carbocycles. The van der Waals surface area contributed by atoms with Crippen molar-refractivity contribution >= 4 is 52.3 Å². The number of carbonyl (C=O) groups excluding carboxylic acids is 2. The fraction of sp³-hybridized carbons (Fsp3) is 0.350. The molecule has 1 amide bonds. The maximum Gasteiger partial charge on any atom is 0.411 e. The fourth-order valence-corrected chi connectivity index (χ4v) is 5.66. The second kappa shape index (κ2) is 8.56. The van der Waals surface area contributed by atoms with Crippen LogP contribution in [0, 0.1) is 16.7 Å². The van der Waals surface area contributed by atoms with Gasteiger partial charge in [-0.25, -0.2) is 4.79 Å². The fourth-order valence-electron chi connectivity index (χ4n) is 3.14. The highest BCUT2D eigenvalue weighted by Crippen LogP contribution is 2.44. The van der Waals surface area contributed by atoms with E-state index in [-0.39, 0.29) is 17.8 Å². The number of hydrogen-bond donors (Lipinski definition) is 1. The Morgan fingerprint density at radius 2 is 2.21 bits per heavy atom. The van der Waals surface area contributed by atoms with Gasteiger partial charge in [-0.15, -0.1) is 23.1 Å². The molecule has 28 heavy (non-hydrogen) atoms. The highest BCUT2D eigenvalue weighted by Gasteiger charge is 2.36. The first kappa shape index (κ1) is 20.7. The molecule has 0 fully saturated rings. The Morgan fingerprint density at radius 1 is 1.43 bits per heavy atom. The Kier molecular flexibility index (Phi) is 6.33. The topological polar surface area (TPSA) is 79.2 Å². The summed E-state index contributed by atoms with van der Waals surface area (Å²) in [6.45, 7) is 4.28. The quantitative estimate of drug-likeness (QED) is 0.477. The first-order valence-corrected chi connectivity index (χ1v) is 10.9. The number of rotatable bonds is 5. The van der Waals surface area contributed by atoms with Crippen molar-refractivity contribution in [2.24, 2.45) is 5.41 Å². The lowest BCUT2D eigenvalue weighted by Crippen LogP contribution is -2.26. The summed E-state index contributed by atoms with van der Waals surface area (Å²) in [7, 11) is 0. The van der Waals surface area contributed by atoms with Crippen LogP contribution in [0.25, 0.3) is 0 Å². The van der Waals surface area contributed by atoms with Gasteiger partial charge in [0.15, 0.2) is 5.78 Å². The SMILES string of the molecule is CC1(C)CC(=O)c2c(SCCOC(=O)Nc3cccc(Cl)c3)sc(C#N)c2C1. The number of thioether (sulfide) groups is 1. The zero-order valence-corrected chi connectivity index (χ0v) is 17.9. The Hall–Kier alpha value is -2.01. The molecule has 1 aliphatic rings. The molecule has 0 saturated heterocycles. The van der Waals surface area contributed by atoms with Gasteiger partial charge in [0.2, 0.25) is 0 Å². The van der Waals surface area contributed by atoms with Crippen molar-refractivity contribution in [2.45, 2.75) is 30.9 Å². The van der Waals surface area contributed by atoms with Gasteiger partial charge in [-0.05, 0) is 35.6 Å². The second-order valence-corrected chi connectivity index (χ2v) is 10.1. The lowest BCUT2D eigenvalue weighted by molar-refractivity contribution is 0.0910. The number of carbonyl (C=O) groups is 2. The lowest BCUT2D eigenvalue weighted by atomic mass is 9.74. The molecule has 0 aliphatic heterocycles. The summed E-state index contributed by atoms with van der Waals surface area (Å²) in [5.41, 5.74) is 2.00. The zero-order chi connectivity index (χ0) is 20.3. The van der Waals surface area contributed by atoms with Gasteiger partial charge < -0.3 is 4.74 Å². The number of hydrogen-bond acceptors (Lipinski definition) is 6. The van der Waals surface area contributed by atoms with E-state index in [1.54, 1.807) is 24.3 Å². The van der Waals surface area contributed by atoms with Gasteiger partial charge in [0.25, 0.3) is 0 Å². The van der Waals surface area contributed by atoms with Gasteiger partial charge in [0.1, 0.15) is 17.6 Å². The third kappa shape index (κ3) is 4.88. The number of ketones is 1. The van der Waals surface area contributed by atoms with Crippen molar-refractivity contribution in [1.29, 1.82) is 5.26 Å². The molecule has 0 bridgehead atoms. The van der Waals surface area contributed by atoms with E-state index in [4.69, 9.17) is 16.3 Å². The van der Waals surface area contributed by atoms with Crippen molar-refractivity contribution in [1.82, 2.24) is 0 Å². The monoisotopic (exact) mass is 434 g/mol. The van der Waals surface area contributed by atoms with Crippen LogP contribution < -0.4 is 5.32 Å². The van der Waals surface area contributed by atoms with Crippen LogP contribution in [0.5, 0.6) is 0 Å². The minimum atomic E-state index is -0.563. The Labute approximate surface area is 177 Å². The maximum atomic E-state index is 12.6. The number of nitrogens with one attached hydrogen (secondary N) is 1. The van der Waals surface area contributed by atoms with Crippen molar-refractivity contribution in [3.8, 4) is 6.07 Å². The molecule has 1 aromatic heterocycles. The van der Waals surface area contributed by atoms with Crippen molar-refractivity contribution in [3.05, 3.63) is 45.3 Å². The molecule has 1 aliphatic carbocycles. The maximum absolute atomic E-state index is 12.6. The smallest absolute Gasteiger partial charge is 0.411 e. The summed E-state index contributed by atoms with van der Waals surface area (Å²) in [6.07, 6.45) is 0.645. The number of amides is 1. The van der Waals surface area contributed by atoms with Crippen molar-refractivity contribution < 1.29 is 14.3 Å². The molecule has 1 heterocycles. The number of halogens is 1. The average molecular weight is 435 g/mol. The van der Waals surface area contributed by atoms with Crippen LogP contribution in [0.2, 0.25) is 5.02 Å². The van der Waals surface area contributed by atoms with Crippen LogP contribution in [0.1, 0.15) is 41.1 Å². The summed E-state index contributed by atoms with van der Waals surface area (Å²) in [5.74, 6) is 0.586. The molecule has 0 atom stereocenters. The highest BCUT2D eigenvalue weighted by molar-refractivity contribution is 8.01.